The van der Waals surface area contributed by atoms with Crippen LogP contribution in [-0.4, -0.2) is 36.1 Å². The summed E-state index contributed by atoms with van der Waals surface area (Å²) in [5, 5.41) is 0. The van der Waals surface area contributed by atoms with Gasteiger partial charge in [-0.3, -0.25) is 4.79 Å². The third-order valence-corrected chi connectivity index (χ3v) is 3.16. The second-order valence-electron chi connectivity index (χ2n) is 4.86. The van der Waals surface area contributed by atoms with Crippen LogP contribution < -0.4 is 5.73 Å². The van der Waals surface area contributed by atoms with Crippen molar-refractivity contribution in [2.45, 2.75) is 32.0 Å². The molecule has 0 aromatic rings. The zero-order valence-corrected chi connectivity index (χ0v) is 9.64. The highest BCUT2D eigenvalue weighted by Gasteiger charge is 2.55. The Bertz CT molecular complexity index is 288. The Balaban J connectivity index is 2.62. The van der Waals surface area contributed by atoms with Gasteiger partial charge in [0.1, 0.15) is 0 Å². The molecule has 0 aromatic heterocycles. The lowest BCUT2D eigenvalue weighted by Crippen LogP contribution is -2.61. The van der Waals surface area contributed by atoms with Crippen molar-refractivity contribution >= 4 is 5.91 Å². The maximum Gasteiger partial charge on any atom is 0.415 e. The second kappa shape index (κ2) is 3.91. The molecule has 0 aliphatic heterocycles. The van der Waals surface area contributed by atoms with Crippen molar-refractivity contribution in [3.05, 3.63) is 0 Å². The zero-order chi connectivity index (χ0) is 12.7. The molecule has 94 valence electrons. The fraction of sp³-hybridized carbons (Fsp3) is 0.900. The topological polar surface area (TPSA) is 46.3 Å². The highest BCUT2D eigenvalue weighted by Crippen LogP contribution is 2.38. The first kappa shape index (κ1) is 13.3. The Morgan fingerprint density at radius 1 is 1.50 bits per heavy atom. The lowest BCUT2D eigenvalue weighted by molar-refractivity contribution is -0.193. The molecule has 1 aliphatic rings. The van der Waals surface area contributed by atoms with Crippen LogP contribution in [0.3, 0.4) is 0 Å². The van der Waals surface area contributed by atoms with Crippen LogP contribution in [0.2, 0.25) is 0 Å². The molecule has 3 unspecified atom stereocenters. The van der Waals surface area contributed by atoms with Gasteiger partial charge in [0, 0.05) is 13.6 Å². The summed E-state index contributed by atoms with van der Waals surface area (Å²) in [7, 11) is 1.37. The van der Waals surface area contributed by atoms with Crippen molar-refractivity contribution in [1.82, 2.24) is 4.90 Å². The summed E-state index contributed by atoms with van der Waals surface area (Å²) >= 11 is 0. The number of hydrogen-bond donors (Lipinski definition) is 1. The van der Waals surface area contributed by atoms with Crippen molar-refractivity contribution in [3.63, 3.8) is 0 Å². The second-order valence-corrected chi connectivity index (χ2v) is 4.86. The van der Waals surface area contributed by atoms with Gasteiger partial charge in [-0.25, -0.2) is 0 Å². The van der Waals surface area contributed by atoms with Crippen LogP contribution in [0.15, 0.2) is 0 Å². The van der Waals surface area contributed by atoms with E-state index in [9.17, 15) is 18.0 Å². The summed E-state index contributed by atoms with van der Waals surface area (Å²) in [6.07, 6.45) is -3.75. The van der Waals surface area contributed by atoms with Crippen LogP contribution in [0.5, 0.6) is 0 Å². The molecule has 1 amide bonds. The van der Waals surface area contributed by atoms with E-state index in [-0.39, 0.29) is 0 Å². The van der Waals surface area contributed by atoms with Gasteiger partial charge in [-0.15, -0.1) is 0 Å². The standard InChI is InChI=1S/C10H17F3N2O/c1-6-4-7(6)5-15(3)8(16)9(2,14)10(11,12)13/h6-7H,4-5,14H2,1-3H3. The van der Waals surface area contributed by atoms with E-state index < -0.39 is 17.6 Å². The number of nitrogens with two attached hydrogens (primary N) is 1. The van der Waals surface area contributed by atoms with Crippen molar-refractivity contribution in [2.24, 2.45) is 17.6 Å². The summed E-state index contributed by atoms with van der Waals surface area (Å²) < 4.78 is 37.5. The quantitative estimate of drug-likeness (QED) is 0.807. The van der Waals surface area contributed by atoms with Crippen molar-refractivity contribution in [3.8, 4) is 0 Å². The largest absolute Gasteiger partial charge is 0.415 e. The molecule has 1 aliphatic carbocycles. The molecule has 1 rings (SSSR count). The Morgan fingerprint density at radius 3 is 2.25 bits per heavy atom. The minimum absolute atomic E-state index is 0.318. The highest BCUT2D eigenvalue weighted by molar-refractivity contribution is 5.86. The van der Waals surface area contributed by atoms with E-state index in [0.29, 0.717) is 25.3 Å². The maximum atomic E-state index is 12.5. The number of amides is 1. The van der Waals surface area contributed by atoms with E-state index in [4.69, 9.17) is 5.73 Å². The Labute approximate surface area is 92.8 Å². The maximum absolute atomic E-state index is 12.5. The molecule has 0 saturated heterocycles. The lowest BCUT2D eigenvalue weighted by Gasteiger charge is -2.31. The van der Waals surface area contributed by atoms with Crippen LogP contribution >= 0.6 is 0 Å². The fourth-order valence-electron chi connectivity index (χ4n) is 1.61. The van der Waals surface area contributed by atoms with E-state index in [1.807, 2.05) is 6.92 Å². The Kier molecular flexibility index (Phi) is 3.24. The third kappa shape index (κ3) is 2.48. The summed E-state index contributed by atoms with van der Waals surface area (Å²) in [5.74, 6) is -0.262. The minimum Gasteiger partial charge on any atom is -0.344 e. The smallest absolute Gasteiger partial charge is 0.344 e. The number of carbonyl (C=O) groups is 1. The molecule has 0 radical (unpaired) electrons. The van der Waals surface area contributed by atoms with Gasteiger partial charge in [0.15, 0.2) is 5.54 Å². The molecular weight excluding hydrogens is 221 g/mol. The lowest BCUT2D eigenvalue weighted by atomic mass is 10.0. The molecule has 6 heteroatoms. The summed E-state index contributed by atoms with van der Waals surface area (Å²) in [4.78, 5) is 12.6. The fourth-order valence-corrected chi connectivity index (χ4v) is 1.61. The molecule has 3 nitrogen and oxygen atoms in total. The van der Waals surface area contributed by atoms with Gasteiger partial charge in [-0.05, 0) is 25.2 Å². The number of alkyl halides is 3. The minimum atomic E-state index is -4.71. The van der Waals surface area contributed by atoms with Crippen LogP contribution in [0.4, 0.5) is 13.2 Å². The van der Waals surface area contributed by atoms with Crippen LogP contribution in [0.1, 0.15) is 20.3 Å². The van der Waals surface area contributed by atoms with E-state index in [2.05, 4.69) is 0 Å². The van der Waals surface area contributed by atoms with E-state index in [1.165, 1.54) is 7.05 Å². The predicted octanol–water partition coefficient (Wildman–Crippen LogP) is 1.38. The summed E-state index contributed by atoms with van der Waals surface area (Å²) in [5.41, 5.74) is 2.26. The monoisotopic (exact) mass is 238 g/mol. The number of nitrogens with zero attached hydrogens (tertiary/aromatic N) is 1. The van der Waals surface area contributed by atoms with Gasteiger partial charge in [-0.2, -0.15) is 13.2 Å². The molecule has 16 heavy (non-hydrogen) atoms. The highest BCUT2D eigenvalue weighted by atomic mass is 19.4. The molecule has 0 bridgehead atoms. The number of halogens is 3. The first-order valence-corrected chi connectivity index (χ1v) is 5.18. The molecule has 0 heterocycles. The Hall–Kier alpha value is -0.780. The van der Waals surface area contributed by atoms with Crippen molar-refractivity contribution < 1.29 is 18.0 Å². The molecule has 0 spiro atoms. The summed E-state index contributed by atoms with van der Waals surface area (Å²) in [6, 6.07) is 0. The number of likely N-dealkylation sites (N-methyl/N-ethyl adjacent to an activating group) is 1. The average Bonchev–Trinajstić information content (AvgIpc) is 2.78. The average molecular weight is 238 g/mol. The molecule has 1 saturated carbocycles. The zero-order valence-electron chi connectivity index (χ0n) is 9.64. The van der Waals surface area contributed by atoms with E-state index in [1.54, 1.807) is 0 Å². The molecule has 0 aromatic carbocycles. The van der Waals surface area contributed by atoms with Crippen molar-refractivity contribution in [2.75, 3.05) is 13.6 Å². The molecule has 1 fully saturated rings. The first-order valence-electron chi connectivity index (χ1n) is 5.18. The van der Waals surface area contributed by atoms with Gasteiger partial charge < -0.3 is 10.6 Å². The number of carbonyl (C=O) groups excluding carboxylic acids is 1. The van der Waals surface area contributed by atoms with Gasteiger partial charge in [-0.1, -0.05) is 6.92 Å². The van der Waals surface area contributed by atoms with Gasteiger partial charge in [0.05, 0.1) is 0 Å². The number of hydrogen-bond acceptors (Lipinski definition) is 2. The van der Waals surface area contributed by atoms with Gasteiger partial charge >= 0.3 is 6.18 Å². The first-order chi connectivity index (χ1) is 7.07. The Morgan fingerprint density at radius 2 is 1.94 bits per heavy atom. The van der Waals surface area contributed by atoms with E-state index >= 15 is 0 Å². The molecule has 2 N–H and O–H groups in total. The molecule has 3 atom stereocenters. The number of rotatable bonds is 3. The van der Waals surface area contributed by atoms with Gasteiger partial charge in [0.25, 0.3) is 5.91 Å². The SMILES string of the molecule is CC1CC1CN(C)C(=O)C(C)(N)C(F)(F)F. The van der Waals surface area contributed by atoms with Crippen molar-refractivity contribution in [1.29, 1.82) is 0 Å². The molecular formula is C10H17F3N2O. The van der Waals surface area contributed by atoms with Crippen LogP contribution in [0, 0.1) is 11.8 Å². The predicted molar refractivity (Wildman–Crippen MR) is 53.6 cm³/mol. The van der Waals surface area contributed by atoms with Crippen LogP contribution in [0.25, 0.3) is 0 Å². The van der Waals surface area contributed by atoms with Crippen LogP contribution in [-0.2, 0) is 4.79 Å². The summed E-state index contributed by atoms with van der Waals surface area (Å²) in [6.45, 7) is 3.07. The van der Waals surface area contributed by atoms with Gasteiger partial charge in [0.2, 0.25) is 0 Å². The van der Waals surface area contributed by atoms with E-state index in [0.717, 1.165) is 11.3 Å². The normalized spacial score (nSPS) is 28.4. The third-order valence-electron chi connectivity index (χ3n) is 3.16.